The molecular formula is C14H26N2O5SSi. The zero-order valence-electron chi connectivity index (χ0n) is 14.3. The van der Waals surface area contributed by atoms with E-state index in [1.807, 2.05) is 0 Å². The Morgan fingerprint density at radius 3 is 2.43 bits per heavy atom. The second-order valence-electron chi connectivity index (χ2n) is 6.91. The minimum atomic E-state index is -1.20. The van der Waals surface area contributed by atoms with Crippen LogP contribution in [0.4, 0.5) is 4.79 Å². The second kappa shape index (κ2) is 8.16. The molecule has 0 aromatic heterocycles. The normalized spacial score (nSPS) is 22.3. The summed E-state index contributed by atoms with van der Waals surface area (Å²) in [6.07, 6.45) is -0.990. The Bertz CT molecular complexity index is 467. The number of thioether (sulfide) groups is 1. The van der Waals surface area contributed by atoms with Crippen molar-refractivity contribution in [2.24, 2.45) is 23.0 Å². The quantitative estimate of drug-likeness (QED) is 0.518. The van der Waals surface area contributed by atoms with Crippen LogP contribution in [0.5, 0.6) is 0 Å². The summed E-state index contributed by atoms with van der Waals surface area (Å²) in [6.45, 7) is 10.5. The molecule has 1 heterocycles. The molecule has 0 radical (unpaired) electrons. The van der Waals surface area contributed by atoms with Gasteiger partial charge >= 0.3 is 6.09 Å². The Kier molecular flexibility index (Phi) is 7.09. The minimum Gasteiger partial charge on any atom is -0.441 e. The Morgan fingerprint density at radius 2 is 2.00 bits per heavy atom. The van der Waals surface area contributed by atoms with Gasteiger partial charge in [0.2, 0.25) is 11.0 Å². The molecule has 23 heavy (non-hydrogen) atoms. The lowest BCUT2D eigenvalue weighted by Gasteiger charge is -2.45. The predicted octanol–water partition coefficient (Wildman–Crippen LogP) is 1.08. The Hall–Kier alpha value is -1.06. The molecule has 0 spiro atoms. The topological polar surface area (TPSA) is 108 Å². The van der Waals surface area contributed by atoms with E-state index >= 15 is 0 Å². The van der Waals surface area contributed by atoms with Gasteiger partial charge in [0, 0.05) is 12.5 Å². The number of hydrogen-bond acceptors (Lipinski definition) is 6. The smallest absolute Gasteiger partial charge is 0.404 e. The molecule has 3 N–H and O–H groups in total. The number of nitrogens with one attached hydrogen (secondary N) is 1. The number of carbonyl (C=O) groups is 3. The summed E-state index contributed by atoms with van der Waals surface area (Å²) in [6, 6.07) is 0. The fourth-order valence-corrected chi connectivity index (χ4v) is 4.00. The van der Waals surface area contributed by atoms with E-state index in [1.54, 1.807) is 0 Å². The summed E-state index contributed by atoms with van der Waals surface area (Å²) in [7, 11) is -1.20. The van der Waals surface area contributed by atoms with Gasteiger partial charge in [-0.3, -0.25) is 9.59 Å². The molecule has 0 saturated carbocycles. The Labute approximate surface area is 142 Å². The van der Waals surface area contributed by atoms with E-state index in [0.29, 0.717) is 6.61 Å². The molecule has 1 saturated heterocycles. The van der Waals surface area contributed by atoms with Crippen LogP contribution in [0, 0.1) is 17.3 Å². The van der Waals surface area contributed by atoms with Gasteiger partial charge in [-0.2, -0.15) is 0 Å². The zero-order chi connectivity index (χ0) is 17.8. The van der Waals surface area contributed by atoms with Crippen LogP contribution in [0.15, 0.2) is 0 Å². The third kappa shape index (κ3) is 6.15. The van der Waals surface area contributed by atoms with Crippen molar-refractivity contribution in [3.63, 3.8) is 0 Å². The van der Waals surface area contributed by atoms with Gasteiger partial charge in [0.05, 0.1) is 11.3 Å². The monoisotopic (exact) mass is 362 g/mol. The van der Waals surface area contributed by atoms with E-state index in [4.69, 9.17) is 10.2 Å². The average Bonchev–Trinajstić information content (AvgIpc) is 2.38. The highest BCUT2D eigenvalue weighted by Crippen LogP contribution is 2.41. The predicted molar refractivity (Wildman–Crippen MR) is 91.3 cm³/mol. The summed E-state index contributed by atoms with van der Waals surface area (Å²) >= 11 is 0.971. The summed E-state index contributed by atoms with van der Waals surface area (Å²) in [5, 5.41) is 2.07. The van der Waals surface area contributed by atoms with Gasteiger partial charge < -0.3 is 20.2 Å². The van der Waals surface area contributed by atoms with Gasteiger partial charge in [-0.05, 0) is 18.5 Å². The number of carbonyl (C=O) groups excluding carboxylic acids is 3. The average molecular weight is 363 g/mol. The lowest BCUT2D eigenvalue weighted by molar-refractivity contribution is -0.138. The fraction of sp³-hybridized carbons (Fsp3) is 0.786. The van der Waals surface area contributed by atoms with Crippen LogP contribution >= 0.6 is 11.8 Å². The molecule has 2 amide bonds. The van der Waals surface area contributed by atoms with Crippen molar-refractivity contribution in [3.8, 4) is 0 Å². The second-order valence-corrected chi connectivity index (χ2v) is 10.5. The molecule has 7 nitrogen and oxygen atoms in total. The van der Waals surface area contributed by atoms with Crippen LogP contribution in [0.2, 0.25) is 13.1 Å². The number of β-lactam (4-membered cyclic amide) rings is 1. The first-order chi connectivity index (χ1) is 10.5. The number of primary amides is 1. The standard InChI is InChI=1S/C14H26N2O5SSi/c1-14(2,3)8(6-21-23(4)5)10-11(18)16-12(10)22-9(17)7-20-13(15)19/h8,10,12,23H,6-7H2,1-5H3,(H2,15,19)(H,16,18)/t8-,10+,12-/m1/s1. The van der Waals surface area contributed by atoms with Gasteiger partial charge in [0.15, 0.2) is 15.6 Å². The zero-order valence-corrected chi connectivity index (χ0v) is 16.2. The maximum atomic E-state index is 12.0. The SMILES string of the molecule is C[SiH](C)OC[C@H]([C@H]1C(=O)N[C@@H]1SC(=O)COC(N)=O)C(C)(C)C. The van der Waals surface area contributed by atoms with Crippen molar-refractivity contribution < 1.29 is 23.5 Å². The first-order valence-electron chi connectivity index (χ1n) is 7.56. The van der Waals surface area contributed by atoms with Crippen molar-refractivity contribution in [1.82, 2.24) is 5.32 Å². The molecule has 0 aromatic rings. The lowest BCUT2D eigenvalue weighted by Crippen LogP contribution is -2.62. The van der Waals surface area contributed by atoms with Crippen molar-refractivity contribution >= 4 is 37.9 Å². The molecule has 1 aliphatic rings. The molecule has 1 rings (SSSR count). The van der Waals surface area contributed by atoms with Crippen molar-refractivity contribution in [2.75, 3.05) is 13.2 Å². The van der Waals surface area contributed by atoms with Gasteiger partial charge in [0.1, 0.15) is 0 Å². The number of amides is 2. The minimum absolute atomic E-state index is 0.00788. The van der Waals surface area contributed by atoms with Crippen molar-refractivity contribution in [1.29, 1.82) is 0 Å². The van der Waals surface area contributed by atoms with Gasteiger partial charge in [-0.25, -0.2) is 4.79 Å². The van der Waals surface area contributed by atoms with Gasteiger partial charge in [-0.1, -0.05) is 32.5 Å². The summed E-state index contributed by atoms with van der Waals surface area (Å²) < 4.78 is 10.3. The Balaban J connectivity index is 2.70. The number of nitrogens with two attached hydrogens (primary N) is 1. The number of rotatable bonds is 7. The highest BCUT2D eigenvalue weighted by Gasteiger charge is 2.49. The molecule has 0 bridgehead atoms. The number of ether oxygens (including phenoxy) is 1. The molecule has 132 valence electrons. The Morgan fingerprint density at radius 1 is 1.39 bits per heavy atom. The molecule has 3 atom stereocenters. The van der Waals surface area contributed by atoms with Crippen LogP contribution in [0.1, 0.15) is 20.8 Å². The van der Waals surface area contributed by atoms with Crippen LogP contribution in [0.3, 0.4) is 0 Å². The lowest BCUT2D eigenvalue weighted by atomic mass is 9.71. The maximum Gasteiger partial charge on any atom is 0.404 e. The van der Waals surface area contributed by atoms with Crippen molar-refractivity contribution in [3.05, 3.63) is 0 Å². The highest BCUT2D eigenvalue weighted by molar-refractivity contribution is 8.14. The van der Waals surface area contributed by atoms with Crippen molar-refractivity contribution in [2.45, 2.75) is 39.2 Å². The van der Waals surface area contributed by atoms with E-state index in [-0.39, 0.29) is 33.6 Å². The maximum absolute atomic E-state index is 12.0. The third-order valence-corrected chi connectivity index (χ3v) is 5.56. The van der Waals surface area contributed by atoms with Crippen LogP contribution in [-0.2, 0) is 18.8 Å². The molecule has 0 unspecified atom stereocenters. The first kappa shape index (κ1) is 20.0. The molecule has 9 heteroatoms. The van der Waals surface area contributed by atoms with E-state index in [1.165, 1.54) is 0 Å². The number of hydrogen-bond donors (Lipinski definition) is 2. The molecule has 0 aromatic carbocycles. The van der Waals surface area contributed by atoms with Gasteiger partial charge in [-0.15, -0.1) is 0 Å². The first-order valence-corrected chi connectivity index (χ1v) is 11.2. The molecule has 1 aliphatic heterocycles. The summed E-state index contributed by atoms with van der Waals surface area (Å²) in [4.78, 5) is 34.4. The van der Waals surface area contributed by atoms with Crippen LogP contribution in [0.25, 0.3) is 0 Å². The van der Waals surface area contributed by atoms with E-state index in [0.717, 1.165) is 11.8 Å². The molecule has 0 aliphatic carbocycles. The van der Waals surface area contributed by atoms with E-state index < -0.39 is 21.7 Å². The van der Waals surface area contributed by atoms with E-state index in [2.05, 4.69) is 43.9 Å². The highest BCUT2D eigenvalue weighted by atomic mass is 32.2. The van der Waals surface area contributed by atoms with Crippen LogP contribution < -0.4 is 11.1 Å². The van der Waals surface area contributed by atoms with Gasteiger partial charge in [0.25, 0.3) is 0 Å². The third-order valence-electron chi connectivity index (χ3n) is 3.66. The fourth-order valence-electron chi connectivity index (χ4n) is 2.36. The summed E-state index contributed by atoms with van der Waals surface area (Å²) in [5.74, 6) is -0.362. The summed E-state index contributed by atoms with van der Waals surface area (Å²) in [5.41, 5.74) is 4.71. The molecule has 1 fully saturated rings. The van der Waals surface area contributed by atoms with E-state index in [9.17, 15) is 14.4 Å². The van der Waals surface area contributed by atoms with Crippen LogP contribution in [-0.4, -0.2) is 44.7 Å². The largest absolute Gasteiger partial charge is 0.441 e. The molecular weight excluding hydrogens is 336 g/mol.